The number of pyridine rings is 1. The van der Waals surface area contributed by atoms with Crippen molar-refractivity contribution < 1.29 is 23.8 Å². The van der Waals surface area contributed by atoms with Crippen molar-refractivity contribution in [1.29, 1.82) is 0 Å². The minimum Gasteiger partial charge on any atom is -0.485 e. The molecule has 0 saturated carbocycles. The fraction of sp³-hybridized carbons (Fsp3) is 0.450. The summed E-state index contributed by atoms with van der Waals surface area (Å²) in [5.41, 5.74) is 8.46. The highest BCUT2D eigenvalue weighted by atomic mass is 16.6. The fourth-order valence-electron chi connectivity index (χ4n) is 3.14. The first-order chi connectivity index (χ1) is 13.0. The van der Waals surface area contributed by atoms with Crippen molar-refractivity contribution in [3.05, 3.63) is 35.0 Å². The summed E-state index contributed by atoms with van der Waals surface area (Å²) >= 11 is 0. The van der Waals surface area contributed by atoms with Crippen LogP contribution in [-0.4, -0.2) is 42.8 Å². The lowest BCUT2D eigenvalue weighted by molar-refractivity contribution is -0.145. The summed E-state index contributed by atoms with van der Waals surface area (Å²) in [6.45, 7) is 4.65. The lowest BCUT2D eigenvalue weighted by Gasteiger charge is -2.12. The van der Waals surface area contributed by atoms with E-state index in [0.29, 0.717) is 43.7 Å². The van der Waals surface area contributed by atoms with Crippen LogP contribution in [0, 0.1) is 6.92 Å². The van der Waals surface area contributed by atoms with E-state index in [1.807, 2.05) is 6.92 Å². The quantitative estimate of drug-likeness (QED) is 0.744. The van der Waals surface area contributed by atoms with Gasteiger partial charge in [-0.25, -0.2) is 4.79 Å². The monoisotopic (exact) mass is 372 g/mol. The van der Waals surface area contributed by atoms with E-state index in [4.69, 9.17) is 19.9 Å². The fourth-order valence-corrected chi connectivity index (χ4v) is 3.14. The van der Waals surface area contributed by atoms with Crippen LogP contribution in [0.25, 0.3) is 10.9 Å². The molecule has 3 rings (SSSR count). The zero-order valence-corrected chi connectivity index (χ0v) is 15.6. The maximum Gasteiger partial charge on any atom is 0.338 e. The third-order valence-electron chi connectivity index (χ3n) is 4.48. The van der Waals surface area contributed by atoms with Gasteiger partial charge in [0.25, 0.3) is 0 Å². The molecule has 7 nitrogen and oxygen atoms in total. The molecule has 0 unspecified atom stereocenters. The largest absolute Gasteiger partial charge is 0.485 e. The van der Waals surface area contributed by atoms with Crippen molar-refractivity contribution in [2.75, 3.05) is 19.8 Å². The van der Waals surface area contributed by atoms with Crippen LogP contribution in [0.5, 0.6) is 5.75 Å². The number of ether oxygens (including phenoxy) is 3. The molecule has 0 saturated heterocycles. The summed E-state index contributed by atoms with van der Waals surface area (Å²) in [5.74, 6) is 0.0491. The number of benzene rings is 1. The first kappa shape index (κ1) is 19.1. The Bertz CT molecular complexity index is 865. The molecule has 0 fully saturated rings. The summed E-state index contributed by atoms with van der Waals surface area (Å²) in [7, 11) is 0. The molecule has 0 aliphatic carbocycles. The number of aryl methyl sites for hydroxylation is 1. The highest BCUT2D eigenvalue weighted by Crippen LogP contribution is 2.37. The first-order valence-corrected chi connectivity index (χ1v) is 9.16. The van der Waals surface area contributed by atoms with Crippen molar-refractivity contribution in [2.24, 2.45) is 5.73 Å². The van der Waals surface area contributed by atoms with Gasteiger partial charge in [0.15, 0.2) is 0 Å². The maximum atomic E-state index is 12.0. The second-order valence-corrected chi connectivity index (χ2v) is 6.48. The molecule has 0 spiro atoms. The minimum atomic E-state index is -0.378. The van der Waals surface area contributed by atoms with Crippen molar-refractivity contribution >= 4 is 22.8 Å². The molecule has 0 amide bonds. The Morgan fingerprint density at radius 1 is 1.33 bits per heavy atom. The van der Waals surface area contributed by atoms with Crippen LogP contribution in [0.15, 0.2) is 18.2 Å². The van der Waals surface area contributed by atoms with E-state index < -0.39 is 0 Å². The van der Waals surface area contributed by atoms with Gasteiger partial charge >= 0.3 is 11.9 Å². The predicted octanol–water partition coefficient (Wildman–Crippen LogP) is 2.31. The number of nitrogens with two attached hydrogens (primary N) is 1. The smallest absolute Gasteiger partial charge is 0.338 e. The summed E-state index contributed by atoms with van der Waals surface area (Å²) in [6.07, 6.45) is 1.26. The molecule has 27 heavy (non-hydrogen) atoms. The Morgan fingerprint density at radius 3 is 2.89 bits per heavy atom. The van der Waals surface area contributed by atoms with Gasteiger partial charge in [0.05, 0.1) is 17.7 Å². The van der Waals surface area contributed by atoms with Crippen molar-refractivity contribution in [3.8, 4) is 5.75 Å². The van der Waals surface area contributed by atoms with E-state index in [0.717, 1.165) is 22.2 Å². The number of esters is 2. The van der Waals surface area contributed by atoms with Crippen LogP contribution in [0.1, 0.15) is 41.4 Å². The zero-order valence-electron chi connectivity index (χ0n) is 15.6. The Kier molecular flexibility index (Phi) is 5.91. The molecule has 1 aromatic carbocycles. The second kappa shape index (κ2) is 8.35. The molecule has 2 aromatic rings. The normalized spacial score (nSPS) is 15.3. The first-order valence-electron chi connectivity index (χ1n) is 9.16. The van der Waals surface area contributed by atoms with Gasteiger partial charge in [-0.05, 0) is 45.0 Å². The van der Waals surface area contributed by atoms with E-state index >= 15 is 0 Å². The van der Waals surface area contributed by atoms with Gasteiger partial charge in [0.2, 0.25) is 0 Å². The maximum absolute atomic E-state index is 12.0. The number of fused-ring (bicyclic) bond motifs is 3. The highest BCUT2D eigenvalue weighted by Gasteiger charge is 2.29. The predicted molar refractivity (Wildman–Crippen MR) is 99.8 cm³/mol. The van der Waals surface area contributed by atoms with Crippen LogP contribution in [-0.2, 0) is 20.7 Å². The standard InChI is InChI=1S/C20H24N2O5/c1-3-25-20(24)13-6-7-17-16(9-13)19-15(12(2)22-17)10-14(27-19)11-26-18(23)5-4-8-21/h6-7,9,14H,3-5,8,10-11,21H2,1-2H3/t14-/m1/s1. The third-order valence-corrected chi connectivity index (χ3v) is 4.48. The van der Waals surface area contributed by atoms with Gasteiger partial charge in [-0.3, -0.25) is 9.78 Å². The zero-order chi connectivity index (χ0) is 19.4. The molecular weight excluding hydrogens is 348 g/mol. The molecule has 2 N–H and O–H groups in total. The summed E-state index contributed by atoms with van der Waals surface area (Å²) in [4.78, 5) is 28.3. The minimum absolute atomic E-state index is 0.177. The van der Waals surface area contributed by atoms with Crippen LogP contribution < -0.4 is 10.5 Å². The Hall–Kier alpha value is -2.67. The number of carbonyl (C=O) groups is 2. The number of hydrogen-bond acceptors (Lipinski definition) is 7. The summed E-state index contributed by atoms with van der Waals surface area (Å²) in [5, 5.41) is 0.762. The molecule has 0 radical (unpaired) electrons. The molecule has 1 atom stereocenters. The average Bonchev–Trinajstić information content (AvgIpc) is 3.10. The van der Waals surface area contributed by atoms with Gasteiger partial charge in [-0.15, -0.1) is 0 Å². The molecular formula is C20H24N2O5. The van der Waals surface area contributed by atoms with Gasteiger partial charge < -0.3 is 19.9 Å². The number of rotatable bonds is 7. The number of nitrogens with zero attached hydrogens (tertiary/aromatic N) is 1. The second-order valence-electron chi connectivity index (χ2n) is 6.48. The van der Waals surface area contributed by atoms with E-state index in [9.17, 15) is 9.59 Å². The molecule has 144 valence electrons. The number of carbonyl (C=O) groups excluding carboxylic acids is 2. The van der Waals surface area contributed by atoms with Crippen molar-refractivity contribution in [3.63, 3.8) is 0 Å². The van der Waals surface area contributed by atoms with Crippen LogP contribution in [0.2, 0.25) is 0 Å². The van der Waals surface area contributed by atoms with E-state index in [2.05, 4.69) is 4.98 Å². The molecule has 7 heteroatoms. The van der Waals surface area contributed by atoms with Crippen molar-refractivity contribution in [1.82, 2.24) is 4.98 Å². The Morgan fingerprint density at radius 2 is 2.15 bits per heavy atom. The van der Waals surface area contributed by atoms with E-state index in [1.54, 1.807) is 25.1 Å². The molecule has 1 aliphatic rings. The third kappa shape index (κ3) is 4.19. The summed E-state index contributed by atoms with van der Waals surface area (Å²) in [6, 6.07) is 5.23. The highest BCUT2D eigenvalue weighted by molar-refractivity contribution is 5.97. The molecule has 2 heterocycles. The van der Waals surface area contributed by atoms with Gasteiger partial charge in [-0.1, -0.05) is 0 Å². The van der Waals surface area contributed by atoms with Gasteiger partial charge in [-0.2, -0.15) is 0 Å². The Balaban J connectivity index is 1.80. The Labute approximate surface area is 157 Å². The molecule has 0 bridgehead atoms. The van der Waals surface area contributed by atoms with E-state index in [-0.39, 0.29) is 24.6 Å². The van der Waals surface area contributed by atoms with Crippen LogP contribution in [0.4, 0.5) is 0 Å². The van der Waals surface area contributed by atoms with Gasteiger partial charge in [0.1, 0.15) is 18.5 Å². The molecule has 1 aromatic heterocycles. The van der Waals surface area contributed by atoms with Crippen LogP contribution >= 0.6 is 0 Å². The number of hydrogen-bond donors (Lipinski definition) is 1. The lowest BCUT2D eigenvalue weighted by Crippen LogP contribution is -2.23. The SMILES string of the molecule is CCOC(=O)c1ccc2nc(C)c3c(c2c1)O[C@@H](COC(=O)CCCN)C3. The topological polar surface area (TPSA) is 101 Å². The van der Waals surface area contributed by atoms with Gasteiger partial charge in [0, 0.05) is 29.5 Å². The lowest BCUT2D eigenvalue weighted by atomic mass is 10.0. The van der Waals surface area contributed by atoms with Crippen molar-refractivity contribution in [2.45, 2.75) is 39.2 Å². The van der Waals surface area contributed by atoms with E-state index in [1.165, 1.54) is 0 Å². The van der Waals surface area contributed by atoms with Crippen LogP contribution in [0.3, 0.4) is 0 Å². The molecule has 1 aliphatic heterocycles. The summed E-state index contributed by atoms with van der Waals surface area (Å²) < 4.78 is 16.4. The number of aromatic nitrogens is 1. The average molecular weight is 372 g/mol.